The molecule has 1 N–H and O–H groups in total. The second kappa shape index (κ2) is 8.02. The molecule has 0 rings (SSSR count). The summed E-state index contributed by atoms with van der Waals surface area (Å²) in [7, 11) is 0. The summed E-state index contributed by atoms with van der Waals surface area (Å²) in [5.41, 5.74) is 0. The zero-order valence-electron chi connectivity index (χ0n) is 5.29. The van der Waals surface area contributed by atoms with Crippen molar-refractivity contribution in [1.82, 2.24) is 0 Å². The predicted octanol–water partition coefficient (Wildman–Crippen LogP) is 0.943. The van der Waals surface area contributed by atoms with Gasteiger partial charge in [-0.1, -0.05) is 6.92 Å². The van der Waals surface area contributed by atoms with E-state index in [4.69, 9.17) is 9.84 Å². The molecular formula is C5H11O2Y-. The van der Waals surface area contributed by atoms with Gasteiger partial charge in [-0.3, -0.25) is 0 Å². The summed E-state index contributed by atoms with van der Waals surface area (Å²) >= 11 is 0. The van der Waals surface area contributed by atoms with Gasteiger partial charge in [0.1, 0.15) is 0 Å². The normalized spacial score (nSPS) is 12.4. The number of ether oxygens (including phenoxy) is 1. The van der Waals surface area contributed by atoms with Gasteiger partial charge in [-0.2, -0.15) is 6.61 Å². The molecule has 0 aliphatic heterocycles. The van der Waals surface area contributed by atoms with Crippen molar-refractivity contribution in [3.63, 3.8) is 0 Å². The molecular weight excluding hydrogens is 181 g/mol. The number of aliphatic hydroxyl groups is 1. The summed E-state index contributed by atoms with van der Waals surface area (Å²) in [6.45, 7) is 5.35. The molecule has 0 aliphatic carbocycles. The minimum Gasteiger partial charge on any atom is -0.564 e. The van der Waals surface area contributed by atoms with Crippen molar-refractivity contribution in [2.75, 3.05) is 6.61 Å². The maximum atomic E-state index is 8.22. The Morgan fingerprint density at radius 2 is 2.25 bits per heavy atom. The molecule has 0 aromatic rings. The molecule has 47 valence electrons. The number of rotatable bonds is 3. The summed E-state index contributed by atoms with van der Waals surface area (Å²) in [5, 5.41) is 8.22. The van der Waals surface area contributed by atoms with Crippen LogP contribution in [0.4, 0.5) is 0 Å². The summed E-state index contributed by atoms with van der Waals surface area (Å²) in [5.74, 6) is 0. The van der Waals surface area contributed by atoms with E-state index < -0.39 is 0 Å². The van der Waals surface area contributed by atoms with Crippen molar-refractivity contribution in [1.29, 1.82) is 0 Å². The molecule has 0 bridgehead atoms. The number of hydrogen-bond acceptors (Lipinski definition) is 2. The smallest absolute Gasteiger partial charge is 0.0406 e. The molecule has 0 aliphatic rings. The molecule has 2 nitrogen and oxygen atoms in total. The van der Waals surface area contributed by atoms with E-state index in [1.807, 2.05) is 6.92 Å². The van der Waals surface area contributed by atoms with Gasteiger partial charge in [0.05, 0.1) is 0 Å². The Bertz CT molecular complexity index is 41.4. The summed E-state index contributed by atoms with van der Waals surface area (Å²) in [6.07, 6.45) is -0.120. The van der Waals surface area contributed by atoms with Crippen LogP contribution in [-0.4, -0.2) is 17.8 Å². The molecule has 0 heterocycles. The van der Waals surface area contributed by atoms with Crippen molar-refractivity contribution in [2.24, 2.45) is 0 Å². The van der Waals surface area contributed by atoms with Gasteiger partial charge in [0, 0.05) is 39.3 Å². The average molecular weight is 192 g/mol. The second-order valence-corrected chi connectivity index (χ2v) is 1.31. The molecule has 8 heavy (non-hydrogen) atoms. The molecule has 0 aromatic carbocycles. The molecule has 0 saturated heterocycles. The van der Waals surface area contributed by atoms with Gasteiger partial charge in [-0.15, -0.1) is 0 Å². The van der Waals surface area contributed by atoms with Crippen LogP contribution in [0.2, 0.25) is 0 Å². The van der Waals surface area contributed by atoms with Crippen LogP contribution in [0.15, 0.2) is 0 Å². The molecule has 3 heteroatoms. The molecule has 0 amide bonds. The summed E-state index contributed by atoms with van der Waals surface area (Å²) in [6, 6.07) is 0. The Labute approximate surface area is 75.5 Å². The average Bonchev–Trinajstić information content (AvgIpc) is 1.68. The largest absolute Gasteiger partial charge is 0.564 e. The first-order valence-electron chi connectivity index (χ1n) is 2.40. The van der Waals surface area contributed by atoms with Crippen LogP contribution in [0.3, 0.4) is 0 Å². The van der Waals surface area contributed by atoms with E-state index in [2.05, 4.69) is 0 Å². The van der Waals surface area contributed by atoms with Gasteiger partial charge in [-0.25, -0.2) is 0 Å². The third-order valence-corrected chi connectivity index (χ3v) is 0.639. The number of aliphatic hydroxyl groups excluding tert-OH is 1. The third-order valence-electron chi connectivity index (χ3n) is 0.639. The molecule has 0 aromatic heterocycles. The first-order valence-corrected chi connectivity index (χ1v) is 2.40. The Morgan fingerprint density at radius 3 is 2.38 bits per heavy atom. The summed E-state index contributed by atoms with van der Waals surface area (Å²) < 4.78 is 4.89. The topological polar surface area (TPSA) is 29.5 Å². The Hall–Kier alpha value is 1.02. The van der Waals surface area contributed by atoms with E-state index in [1.165, 1.54) is 0 Å². The van der Waals surface area contributed by atoms with Gasteiger partial charge < -0.3 is 9.84 Å². The second-order valence-electron chi connectivity index (χ2n) is 1.31. The molecule has 1 radical (unpaired) electrons. The van der Waals surface area contributed by atoms with Gasteiger partial charge in [0.2, 0.25) is 0 Å². The monoisotopic (exact) mass is 192 g/mol. The van der Waals surface area contributed by atoms with Gasteiger partial charge in [-0.05, 0) is 13.0 Å². The van der Waals surface area contributed by atoms with Crippen LogP contribution in [-0.2, 0) is 37.4 Å². The Balaban J connectivity index is 0. The Kier molecular flexibility index (Phi) is 11.8. The van der Waals surface area contributed by atoms with Crippen molar-refractivity contribution >= 4 is 0 Å². The fraction of sp³-hybridized carbons (Fsp3) is 0.800. The van der Waals surface area contributed by atoms with Crippen LogP contribution in [0.5, 0.6) is 0 Å². The third kappa shape index (κ3) is 7.02. The molecule has 1 atom stereocenters. The van der Waals surface area contributed by atoms with Crippen LogP contribution in [0.25, 0.3) is 0 Å². The van der Waals surface area contributed by atoms with Crippen molar-refractivity contribution in [3.05, 3.63) is 6.61 Å². The van der Waals surface area contributed by atoms with E-state index >= 15 is 0 Å². The summed E-state index contributed by atoms with van der Waals surface area (Å²) in [4.78, 5) is 0. The van der Waals surface area contributed by atoms with Crippen molar-refractivity contribution in [2.45, 2.75) is 20.0 Å². The zero-order chi connectivity index (χ0) is 5.70. The van der Waals surface area contributed by atoms with E-state index in [1.54, 1.807) is 6.92 Å². The van der Waals surface area contributed by atoms with Crippen LogP contribution in [0.1, 0.15) is 13.8 Å². The van der Waals surface area contributed by atoms with Crippen LogP contribution in [0, 0.1) is 6.61 Å². The van der Waals surface area contributed by atoms with E-state index in [9.17, 15) is 0 Å². The van der Waals surface area contributed by atoms with Crippen LogP contribution >= 0.6 is 0 Å². The van der Waals surface area contributed by atoms with Gasteiger partial charge >= 0.3 is 0 Å². The first kappa shape index (κ1) is 11.8. The van der Waals surface area contributed by atoms with Gasteiger partial charge in [0.25, 0.3) is 0 Å². The standard InChI is InChI=1S/C5H11O2.Y/c1-3-7-5(2)4-6;/h4-6H,3H2,1-2H3;/q-1;. The maximum absolute atomic E-state index is 8.22. The van der Waals surface area contributed by atoms with E-state index in [0.29, 0.717) is 6.61 Å². The van der Waals surface area contributed by atoms with Gasteiger partial charge in [0.15, 0.2) is 0 Å². The van der Waals surface area contributed by atoms with E-state index in [0.717, 1.165) is 6.61 Å². The molecule has 0 saturated carbocycles. The predicted molar refractivity (Wildman–Crippen MR) is 27.3 cm³/mol. The quantitative estimate of drug-likeness (QED) is 0.674. The minimum atomic E-state index is -0.120. The number of hydrogen-bond donors (Lipinski definition) is 1. The van der Waals surface area contributed by atoms with E-state index in [-0.39, 0.29) is 38.8 Å². The molecule has 0 spiro atoms. The maximum Gasteiger partial charge on any atom is 0.0406 e. The fourth-order valence-electron chi connectivity index (χ4n) is 0.306. The van der Waals surface area contributed by atoms with Crippen LogP contribution < -0.4 is 0 Å². The first-order chi connectivity index (χ1) is 3.31. The Morgan fingerprint density at radius 1 is 1.75 bits per heavy atom. The van der Waals surface area contributed by atoms with Crippen molar-refractivity contribution < 1.29 is 42.6 Å². The minimum absolute atomic E-state index is 0. The van der Waals surface area contributed by atoms with Crippen molar-refractivity contribution in [3.8, 4) is 0 Å². The SMILES string of the molecule is CCOC(C)[CH-]O.[Y]. The molecule has 0 fully saturated rings. The fourth-order valence-corrected chi connectivity index (χ4v) is 0.306. The zero-order valence-corrected chi connectivity index (χ0v) is 8.13. The molecule has 1 unspecified atom stereocenters.